The van der Waals surface area contributed by atoms with Gasteiger partial charge in [-0.25, -0.2) is 4.79 Å². The van der Waals surface area contributed by atoms with Crippen LogP contribution in [0.5, 0.6) is 0 Å². The average molecular weight is 412 g/mol. The van der Waals surface area contributed by atoms with Crippen molar-refractivity contribution in [3.05, 3.63) is 105 Å². The van der Waals surface area contributed by atoms with Gasteiger partial charge in [-0.15, -0.1) is 0 Å². The zero-order chi connectivity index (χ0) is 21.3. The maximum atomic E-state index is 13.0. The molecule has 1 aromatic carbocycles. The minimum Gasteiger partial charge on any atom is -0.328 e. The van der Waals surface area contributed by atoms with Crippen molar-refractivity contribution in [2.75, 3.05) is 0 Å². The molecule has 2 aliphatic rings. The number of fused-ring (bicyclic) bond motifs is 1. The Balaban J connectivity index is 1.75. The van der Waals surface area contributed by atoms with Crippen molar-refractivity contribution in [1.82, 2.24) is 19.1 Å². The summed E-state index contributed by atoms with van der Waals surface area (Å²) >= 11 is 0. The van der Waals surface area contributed by atoms with E-state index in [0.717, 1.165) is 16.7 Å². The van der Waals surface area contributed by atoms with Gasteiger partial charge in [0.05, 0.1) is 17.7 Å². The second-order valence-electron chi connectivity index (χ2n) is 6.72. The summed E-state index contributed by atoms with van der Waals surface area (Å²) < 4.78 is 41.4. The van der Waals surface area contributed by atoms with Crippen LogP contribution in [0.4, 0.5) is 13.2 Å². The van der Waals surface area contributed by atoms with Crippen LogP contribution >= 0.6 is 0 Å². The molecule has 0 saturated carbocycles. The minimum atomic E-state index is -4.46. The summed E-state index contributed by atoms with van der Waals surface area (Å²) in [4.78, 5) is 33.4. The summed E-state index contributed by atoms with van der Waals surface area (Å²) in [6.07, 6.45) is 0.244. The quantitative estimate of drug-likeness (QED) is 0.517. The van der Waals surface area contributed by atoms with Crippen LogP contribution in [-0.4, -0.2) is 19.1 Å². The van der Waals surface area contributed by atoms with E-state index in [1.807, 2.05) is 0 Å². The van der Waals surface area contributed by atoms with Gasteiger partial charge in [0.15, 0.2) is 5.82 Å². The number of aromatic nitrogens is 4. The summed E-state index contributed by atoms with van der Waals surface area (Å²) in [5.74, 6) is 0.118. The first-order chi connectivity index (χ1) is 14.3. The Labute approximate surface area is 168 Å². The third-order valence-corrected chi connectivity index (χ3v) is 4.62. The maximum absolute atomic E-state index is 13.0. The minimum absolute atomic E-state index is 0.0248. The fourth-order valence-electron chi connectivity index (χ4n) is 3.20. The molecule has 0 radical (unpaired) electrons. The molecule has 3 heterocycles. The predicted octanol–water partition coefficient (Wildman–Crippen LogP) is 3.02. The molecule has 0 atom stereocenters. The Bertz CT molecular complexity index is 1280. The van der Waals surface area contributed by atoms with Crippen molar-refractivity contribution >= 4 is 0 Å². The van der Waals surface area contributed by atoms with Crippen molar-refractivity contribution in [2.45, 2.75) is 19.3 Å². The number of halogens is 3. The van der Waals surface area contributed by atoms with Crippen LogP contribution in [0.15, 0.2) is 76.7 Å². The van der Waals surface area contributed by atoms with Gasteiger partial charge in [0.25, 0.3) is 5.56 Å². The lowest BCUT2D eigenvalue weighted by molar-refractivity contribution is -0.137. The van der Waals surface area contributed by atoms with Crippen LogP contribution in [0.2, 0.25) is 0 Å². The SMILES string of the molecule is O=c1nc2n(Cc3cccc(C(F)(F)F)c3)cccc-2c(=O)n1Cc1cccnc1. The predicted molar refractivity (Wildman–Crippen MR) is 103 cm³/mol. The first-order valence-electron chi connectivity index (χ1n) is 8.98. The molecule has 0 unspecified atom stereocenters. The lowest BCUT2D eigenvalue weighted by atomic mass is 10.1. The Hall–Kier alpha value is -3.75. The zero-order valence-corrected chi connectivity index (χ0v) is 15.5. The molecule has 0 N–H and O–H groups in total. The molecule has 0 spiro atoms. The van der Waals surface area contributed by atoms with Crippen molar-refractivity contribution in [3.8, 4) is 11.4 Å². The summed E-state index contributed by atoms with van der Waals surface area (Å²) in [5.41, 5.74) is -0.778. The van der Waals surface area contributed by atoms with Gasteiger partial charge < -0.3 is 4.57 Å². The van der Waals surface area contributed by atoms with Crippen molar-refractivity contribution in [2.24, 2.45) is 0 Å². The largest absolute Gasteiger partial charge is 0.416 e. The summed E-state index contributed by atoms with van der Waals surface area (Å²) in [6, 6.07) is 11.4. The highest BCUT2D eigenvalue weighted by atomic mass is 19.4. The number of alkyl halides is 3. The normalized spacial score (nSPS) is 11.7. The smallest absolute Gasteiger partial charge is 0.328 e. The molecular weight excluding hydrogens is 397 g/mol. The van der Waals surface area contributed by atoms with E-state index in [0.29, 0.717) is 11.1 Å². The third-order valence-electron chi connectivity index (χ3n) is 4.62. The lowest BCUT2D eigenvalue weighted by Gasteiger charge is -2.16. The fraction of sp³-hybridized carbons (Fsp3) is 0.143. The van der Waals surface area contributed by atoms with Gasteiger partial charge in [0.1, 0.15) is 0 Å². The number of rotatable bonds is 4. The molecule has 9 heteroatoms. The van der Waals surface area contributed by atoms with Gasteiger partial charge in [0.2, 0.25) is 0 Å². The van der Waals surface area contributed by atoms with Gasteiger partial charge >= 0.3 is 11.9 Å². The second-order valence-corrected chi connectivity index (χ2v) is 6.72. The van der Waals surface area contributed by atoms with E-state index < -0.39 is 23.0 Å². The molecule has 30 heavy (non-hydrogen) atoms. The number of benzene rings is 1. The van der Waals surface area contributed by atoms with E-state index in [9.17, 15) is 22.8 Å². The van der Waals surface area contributed by atoms with Crippen LogP contribution < -0.4 is 11.2 Å². The molecule has 0 amide bonds. The molecule has 1 aromatic heterocycles. The molecule has 2 aliphatic heterocycles. The highest BCUT2D eigenvalue weighted by Crippen LogP contribution is 2.29. The standard InChI is InChI=1S/C21H15F3N4O2/c22-21(23,24)16-6-1-4-14(10-16)12-27-9-3-7-17-18(27)26-20(30)28(19(17)29)13-15-5-2-8-25-11-15/h1-11H,12-13H2. The van der Waals surface area contributed by atoms with E-state index in [4.69, 9.17) is 0 Å². The van der Waals surface area contributed by atoms with Gasteiger partial charge in [0, 0.05) is 25.1 Å². The van der Waals surface area contributed by atoms with E-state index in [-0.39, 0.29) is 24.5 Å². The van der Waals surface area contributed by atoms with E-state index >= 15 is 0 Å². The van der Waals surface area contributed by atoms with Gasteiger partial charge in [-0.3, -0.25) is 14.3 Å². The van der Waals surface area contributed by atoms with Crippen molar-refractivity contribution in [1.29, 1.82) is 0 Å². The number of pyridine rings is 2. The molecule has 0 bridgehead atoms. The Morgan fingerprint density at radius 1 is 0.933 bits per heavy atom. The van der Waals surface area contributed by atoms with E-state index in [1.54, 1.807) is 42.9 Å². The Morgan fingerprint density at radius 2 is 1.73 bits per heavy atom. The molecule has 4 rings (SSSR count). The van der Waals surface area contributed by atoms with Gasteiger partial charge in [-0.2, -0.15) is 18.2 Å². The topological polar surface area (TPSA) is 69.8 Å². The highest BCUT2D eigenvalue weighted by molar-refractivity contribution is 5.55. The van der Waals surface area contributed by atoms with Crippen molar-refractivity contribution in [3.63, 3.8) is 0 Å². The Morgan fingerprint density at radius 3 is 2.47 bits per heavy atom. The average Bonchev–Trinajstić information content (AvgIpc) is 2.72. The van der Waals surface area contributed by atoms with Crippen LogP contribution in [0, 0.1) is 0 Å². The molecular formula is C21H15F3N4O2. The first kappa shape index (κ1) is 19.6. The summed E-state index contributed by atoms with van der Waals surface area (Å²) in [5, 5.41) is 0. The third kappa shape index (κ3) is 3.86. The lowest BCUT2D eigenvalue weighted by Crippen LogP contribution is -2.38. The van der Waals surface area contributed by atoms with E-state index in [1.165, 1.54) is 16.7 Å². The van der Waals surface area contributed by atoms with Gasteiger partial charge in [-0.05, 0) is 41.5 Å². The number of hydrogen-bond acceptors (Lipinski definition) is 4. The van der Waals surface area contributed by atoms with E-state index in [2.05, 4.69) is 9.97 Å². The van der Waals surface area contributed by atoms with Crippen molar-refractivity contribution < 1.29 is 13.2 Å². The van der Waals surface area contributed by atoms with Gasteiger partial charge in [-0.1, -0.05) is 18.2 Å². The summed E-state index contributed by atoms with van der Waals surface area (Å²) in [6.45, 7) is 0.0523. The zero-order valence-electron chi connectivity index (χ0n) is 15.5. The molecule has 0 saturated heterocycles. The fourth-order valence-corrected chi connectivity index (χ4v) is 3.20. The Kier molecular flexibility index (Phi) is 4.94. The molecule has 152 valence electrons. The van der Waals surface area contributed by atoms with Crippen LogP contribution in [-0.2, 0) is 19.3 Å². The first-order valence-corrected chi connectivity index (χ1v) is 8.98. The van der Waals surface area contributed by atoms with Crippen LogP contribution in [0.1, 0.15) is 16.7 Å². The summed E-state index contributed by atoms with van der Waals surface area (Å²) in [7, 11) is 0. The second kappa shape index (κ2) is 7.58. The molecule has 6 nitrogen and oxygen atoms in total. The number of nitrogens with zero attached hydrogens (tertiary/aromatic N) is 4. The molecule has 0 aliphatic carbocycles. The number of hydrogen-bond donors (Lipinski definition) is 0. The van der Waals surface area contributed by atoms with Crippen LogP contribution in [0.3, 0.4) is 0 Å². The maximum Gasteiger partial charge on any atom is 0.416 e. The highest BCUT2D eigenvalue weighted by Gasteiger charge is 2.30. The molecule has 2 aromatic rings. The molecule has 0 fully saturated rings. The monoisotopic (exact) mass is 412 g/mol. The van der Waals surface area contributed by atoms with Crippen LogP contribution in [0.25, 0.3) is 11.4 Å².